The van der Waals surface area contributed by atoms with Gasteiger partial charge in [-0.1, -0.05) is 19.3 Å². The molecule has 1 heterocycles. The minimum Gasteiger partial charge on any atom is -0.370 e. The molecular formula is C17H28N4O. The smallest absolute Gasteiger partial charge is 0.251 e. The van der Waals surface area contributed by atoms with E-state index in [0.717, 1.165) is 38.2 Å². The van der Waals surface area contributed by atoms with E-state index < -0.39 is 0 Å². The van der Waals surface area contributed by atoms with E-state index >= 15 is 0 Å². The average Bonchev–Trinajstić information content (AvgIpc) is 2.53. The van der Waals surface area contributed by atoms with Gasteiger partial charge in [-0.15, -0.1) is 0 Å². The third-order valence-electron chi connectivity index (χ3n) is 4.05. The molecule has 0 saturated heterocycles. The first-order valence-electron chi connectivity index (χ1n) is 8.30. The predicted molar refractivity (Wildman–Crippen MR) is 90.2 cm³/mol. The molecule has 0 bridgehead atoms. The van der Waals surface area contributed by atoms with Crippen LogP contribution in [0.5, 0.6) is 0 Å². The Morgan fingerprint density at radius 2 is 2.09 bits per heavy atom. The molecule has 1 saturated carbocycles. The maximum absolute atomic E-state index is 12.3. The molecule has 5 nitrogen and oxygen atoms in total. The Labute approximate surface area is 133 Å². The van der Waals surface area contributed by atoms with E-state index in [1.807, 2.05) is 6.07 Å². The zero-order valence-corrected chi connectivity index (χ0v) is 13.8. The zero-order valence-electron chi connectivity index (χ0n) is 13.8. The van der Waals surface area contributed by atoms with Gasteiger partial charge in [0.05, 0.1) is 0 Å². The van der Waals surface area contributed by atoms with Crippen molar-refractivity contribution in [1.82, 2.24) is 15.2 Å². The lowest BCUT2D eigenvalue weighted by molar-refractivity contribution is 0.0927. The van der Waals surface area contributed by atoms with Crippen molar-refractivity contribution in [3.05, 3.63) is 23.9 Å². The van der Waals surface area contributed by atoms with Crippen LogP contribution in [0.25, 0.3) is 0 Å². The quantitative estimate of drug-likeness (QED) is 0.760. The number of carbonyl (C=O) groups excluding carboxylic acids is 1. The number of rotatable bonds is 7. The second kappa shape index (κ2) is 8.73. The highest BCUT2D eigenvalue weighted by Crippen LogP contribution is 2.18. The van der Waals surface area contributed by atoms with Gasteiger partial charge in [-0.05, 0) is 52.0 Å². The molecule has 1 fully saturated rings. The molecule has 2 rings (SSSR count). The highest BCUT2D eigenvalue weighted by atomic mass is 16.1. The second-order valence-electron chi connectivity index (χ2n) is 6.32. The van der Waals surface area contributed by atoms with Gasteiger partial charge in [-0.25, -0.2) is 4.98 Å². The summed E-state index contributed by atoms with van der Waals surface area (Å²) in [5, 5.41) is 6.42. The summed E-state index contributed by atoms with van der Waals surface area (Å²) in [7, 11) is 4.13. The Kier molecular flexibility index (Phi) is 6.65. The summed E-state index contributed by atoms with van der Waals surface area (Å²) >= 11 is 0. The van der Waals surface area contributed by atoms with Gasteiger partial charge in [0.1, 0.15) is 5.82 Å². The monoisotopic (exact) mass is 304 g/mol. The van der Waals surface area contributed by atoms with Gasteiger partial charge >= 0.3 is 0 Å². The molecule has 1 amide bonds. The van der Waals surface area contributed by atoms with Crippen molar-refractivity contribution < 1.29 is 4.79 Å². The summed E-state index contributed by atoms with van der Waals surface area (Å²) in [5.74, 6) is 0.792. The molecule has 5 heteroatoms. The zero-order chi connectivity index (χ0) is 15.8. The largest absolute Gasteiger partial charge is 0.370 e. The molecule has 0 aromatic carbocycles. The summed E-state index contributed by atoms with van der Waals surface area (Å²) < 4.78 is 0. The Balaban J connectivity index is 1.83. The third-order valence-corrected chi connectivity index (χ3v) is 4.05. The first-order valence-corrected chi connectivity index (χ1v) is 8.30. The molecule has 0 radical (unpaired) electrons. The number of hydrogen-bond donors (Lipinski definition) is 2. The maximum Gasteiger partial charge on any atom is 0.251 e. The Morgan fingerprint density at radius 1 is 1.32 bits per heavy atom. The van der Waals surface area contributed by atoms with E-state index in [9.17, 15) is 4.79 Å². The molecule has 0 spiro atoms. The van der Waals surface area contributed by atoms with Crippen LogP contribution in [0.4, 0.5) is 5.82 Å². The number of nitrogens with one attached hydrogen (secondary N) is 2. The van der Waals surface area contributed by atoms with E-state index in [-0.39, 0.29) is 5.91 Å². The molecule has 0 aliphatic heterocycles. The van der Waals surface area contributed by atoms with Gasteiger partial charge in [0, 0.05) is 24.3 Å². The Hall–Kier alpha value is -1.62. The molecule has 22 heavy (non-hydrogen) atoms. The van der Waals surface area contributed by atoms with Crippen LogP contribution in [0.3, 0.4) is 0 Å². The van der Waals surface area contributed by atoms with Gasteiger partial charge in [0.25, 0.3) is 5.91 Å². The van der Waals surface area contributed by atoms with Crippen molar-refractivity contribution in [3.63, 3.8) is 0 Å². The van der Waals surface area contributed by atoms with Crippen LogP contribution in [0.2, 0.25) is 0 Å². The topological polar surface area (TPSA) is 57.3 Å². The van der Waals surface area contributed by atoms with Crippen molar-refractivity contribution in [2.75, 3.05) is 32.5 Å². The van der Waals surface area contributed by atoms with Crippen LogP contribution in [-0.4, -0.2) is 49.0 Å². The lowest BCUT2D eigenvalue weighted by atomic mass is 9.95. The summed E-state index contributed by atoms with van der Waals surface area (Å²) in [6.07, 6.45) is 8.69. The maximum atomic E-state index is 12.3. The summed E-state index contributed by atoms with van der Waals surface area (Å²) in [6.45, 7) is 1.90. The van der Waals surface area contributed by atoms with Crippen LogP contribution >= 0.6 is 0 Å². The van der Waals surface area contributed by atoms with E-state index in [4.69, 9.17) is 0 Å². The van der Waals surface area contributed by atoms with Gasteiger partial charge in [0.2, 0.25) is 0 Å². The van der Waals surface area contributed by atoms with Crippen molar-refractivity contribution >= 4 is 11.7 Å². The molecule has 0 atom stereocenters. The van der Waals surface area contributed by atoms with E-state index in [1.54, 1.807) is 12.3 Å². The van der Waals surface area contributed by atoms with Crippen molar-refractivity contribution in [3.8, 4) is 0 Å². The van der Waals surface area contributed by atoms with E-state index in [0.29, 0.717) is 11.6 Å². The average molecular weight is 304 g/mol. The standard InChI is InChI=1S/C17H28N4O/c1-21(2)12-6-10-18-16-13-14(9-11-19-16)17(22)20-15-7-4-3-5-8-15/h9,11,13,15H,3-8,10,12H2,1-2H3,(H,18,19)(H,20,22). The van der Waals surface area contributed by atoms with Crippen molar-refractivity contribution in [1.29, 1.82) is 0 Å². The Morgan fingerprint density at radius 3 is 2.82 bits per heavy atom. The first-order chi connectivity index (χ1) is 10.6. The van der Waals surface area contributed by atoms with Crippen LogP contribution in [0.15, 0.2) is 18.3 Å². The lowest BCUT2D eigenvalue weighted by Crippen LogP contribution is -2.36. The molecule has 122 valence electrons. The third kappa shape index (κ3) is 5.64. The Bertz CT molecular complexity index is 469. The highest BCUT2D eigenvalue weighted by Gasteiger charge is 2.16. The minimum absolute atomic E-state index is 0.0191. The number of amides is 1. The van der Waals surface area contributed by atoms with Crippen LogP contribution in [-0.2, 0) is 0 Å². The molecule has 1 aliphatic rings. The fraction of sp³-hybridized carbons (Fsp3) is 0.647. The number of hydrogen-bond acceptors (Lipinski definition) is 4. The predicted octanol–water partition coefficient (Wildman–Crippen LogP) is 2.51. The van der Waals surface area contributed by atoms with Gasteiger partial charge < -0.3 is 15.5 Å². The van der Waals surface area contributed by atoms with Crippen molar-refractivity contribution in [2.24, 2.45) is 0 Å². The first kappa shape index (κ1) is 16.7. The molecular weight excluding hydrogens is 276 g/mol. The summed E-state index contributed by atoms with van der Waals surface area (Å²) in [5.41, 5.74) is 0.690. The number of nitrogens with zero attached hydrogens (tertiary/aromatic N) is 2. The fourth-order valence-electron chi connectivity index (χ4n) is 2.80. The van der Waals surface area contributed by atoms with E-state index in [2.05, 4.69) is 34.6 Å². The van der Waals surface area contributed by atoms with Gasteiger partial charge in [-0.2, -0.15) is 0 Å². The van der Waals surface area contributed by atoms with Gasteiger partial charge in [-0.3, -0.25) is 4.79 Å². The lowest BCUT2D eigenvalue weighted by Gasteiger charge is -2.22. The second-order valence-corrected chi connectivity index (χ2v) is 6.32. The molecule has 1 aromatic rings. The number of carbonyl (C=O) groups is 1. The molecule has 2 N–H and O–H groups in total. The van der Waals surface area contributed by atoms with E-state index in [1.165, 1.54) is 19.3 Å². The van der Waals surface area contributed by atoms with Crippen molar-refractivity contribution in [2.45, 2.75) is 44.6 Å². The molecule has 1 aliphatic carbocycles. The number of aromatic nitrogens is 1. The number of pyridine rings is 1. The SMILES string of the molecule is CN(C)CCCNc1cc(C(=O)NC2CCCCC2)ccn1. The van der Waals surface area contributed by atoms with Crippen LogP contribution < -0.4 is 10.6 Å². The summed E-state index contributed by atoms with van der Waals surface area (Å²) in [6, 6.07) is 3.96. The number of anilines is 1. The highest BCUT2D eigenvalue weighted by molar-refractivity contribution is 5.94. The minimum atomic E-state index is 0.0191. The molecule has 0 unspecified atom stereocenters. The fourth-order valence-corrected chi connectivity index (χ4v) is 2.80. The summed E-state index contributed by atoms with van der Waals surface area (Å²) in [4.78, 5) is 18.7. The van der Waals surface area contributed by atoms with Crippen LogP contribution in [0, 0.1) is 0 Å². The van der Waals surface area contributed by atoms with Crippen LogP contribution in [0.1, 0.15) is 48.9 Å². The normalized spacial score (nSPS) is 15.8. The molecule has 1 aromatic heterocycles. The van der Waals surface area contributed by atoms with Gasteiger partial charge in [0.15, 0.2) is 0 Å².